The molecule has 0 aliphatic carbocycles. The van der Waals surface area contributed by atoms with Crippen molar-refractivity contribution in [1.82, 2.24) is 25.8 Å². The van der Waals surface area contributed by atoms with Crippen LogP contribution in [0.5, 0.6) is 0 Å². The van der Waals surface area contributed by atoms with E-state index in [1.807, 2.05) is 24.3 Å². The Kier molecular flexibility index (Phi) is 19.9. The molecule has 5 atom stereocenters. The van der Waals surface area contributed by atoms with Crippen LogP contribution in [0.15, 0.2) is 59.7 Å². The molecule has 64 heavy (non-hydrogen) atoms. The van der Waals surface area contributed by atoms with Gasteiger partial charge in [0.15, 0.2) is 5.96 Å². The first-order chi connectivity index (χ1) is 29.7. The average Bonchev–Trinajstić information content (AvgIpc) is 3.81. The number of fused-ring (bicyclic) bond motifs is 1. The van der Waals surface area contributed by atoms with Gasteiger partial charge in [0.05, 0.1) is 18.7 Å². The highest BCUT2D eigenvalue weighted by atomic mass is 19.4. The average molecular weight is 923 g/mol. The number of rotatable bonds is 16. The lowest BCUT2D eigenvalue weighted by atomic mass is 10.0. The fourth-order valence-electron chi connectivity index (χ4n) is 5.80. The minimum Gasteiger partial charge on any atom is -0.475 e. The number of aliphatic hydroxyl groups excluding tert-OH is 1. The number of carboxylic acid groups (broad SMARTS) is 2. The molecule has 1 aromatic heterocycles. The van der Waals surface area contributed by atoms with Crippen molar-refractivity contribution < 1.29 is 79.6 Å². The Labute approximate surface area is 357 Å². The van der Waals surface area contributed by atoms with Crippen LogP contribution in [0.3, 0.4) is 0 Å². The maximum atomic E-state index is 13.5. The number of nitrogens with two attached hydrogens (primary N) is 4. The third kappa shape index (κ3) is 17.8. The minimum atomic E-state index is -5.08. The first-order valence-electron chi connectivity index (χ1n) is 18.6. The molecule has 20 nitrogen and oxygen atoms in total. The minimum absolute atomic E-state index is 0.0494. The standard InChI is InChI=1S/C33H43FN10O6.2C2HF3O2/c34-20-9-7-18(8-10-20)12-23(35)32(50)44-17-21(45)14-27(44)31(49)43-25(6-3-11-39-33(37)38)30(48)41-16-28(46)42-26(29(36)47)13-19-15-40-24-5-2-1-4-22(19)24;2*3-2(4,5)1(6)7/h1-2,4-5,7-10,15,21,23,25-27,40,45H,3,6,11-14,16-17,35H2,(H2,36,47)(H,41,48)(H,42,46)(H,43,49)(H4,37,38,39);2*(H,6,7). The number of β-amino-alcohol motifs (C(OH)–C–C–N with tert-alkyl or cyclic N) is 1. The molecular weight excluding hydrogens is 877 g/mol. The van der Waals surface area contributed by atoms with E-state index in [4.69, 9.17) is 42.7 Å². The van der Waals surface area contributed by atoms with Gasteiger partial charge in [-0.05, 0) is 48.6 Å². The van der Waals surface area contributed by atoms with Crippen molar-refractivity contribution in [1.29, 1.82) is 0 Å². The highest BCUT2D eigenvalue weighted by Gasteiger charge is 2.42. The van der Waals surface area contributed by atoms with E-state index >= 15 is 0 Å². The van der Waals surface area contributed by atoms with Gasteiger partial charge in [-0.3, -0.25) is 29.0 Å². The molecule has 1 aliphatic heterocycles. The molecule has 5 amide bonds. The molecule has 4 rings (SSSR count). The molecule has 27 heteroatoms. The second-order valence-electron chi connectivity index (χ2n) is 13.8. The Morgan fingerprint density at radius 2 is 1.44 bits per heavy atom. The number of hydrogen-bond donors (Lipinski definition) is 11. The lowest BCUT2D eigenvalue weighted by molar-refractivity contribution is -0.193. The number of aromatic amines is 1. The number of nitrogens with one attached hydrogen (secondary N) is 4. The van der Waals surface area contributed by atoms with E-state index in [1.54, 1.807) is 6.20 Å². The van der Waals surface area contributed by atoms with Crippen molar-refractivity contribution in [3.63, 3.8) is 0 Å². The van der Waals surface area contributed by atoms with Gasteiger partial charge in [0.25, 0.3) is 0 Å². The molecule has 15 N–H and O–H groups in total. The van der Waals surface area contributed by atoms with Crippen molar-refractivity contribution in [3.8, 4) is 0 Å². The maximum absolute atomic E-state index is 13.5. The van der Waals surface area contributed by atoms with Crippen molar-refractivity contribution in [2.75, 3.05) is 19.6 Å². The smallest absolute Gasteiger partial charge is 0.475 e. The molecule has 5 unspecified atom stereocenters. The number of aliphatic imine (C=N–C) groups is 1. The van der Waals surface area contributed by atoms with Crippen LogP contribution in [0.4, 0.5) is 30.7 Å². The number of nitrogens with zero attached hydrogens (tertiary/aromatic N) is 2. The summed E-state index contributed by atoms with van der Waals surface area (Å²) in [6, 6.07) is 8.42. The zero-order chi connectivity index (χ0) is 48.5. The second-order valence-corrected chi connectivity index (χ2v) is 13.8. The van der Waals surface area contributed by atoms with Gasteiger partial charge < -0.3 is 64.1 Å². The number of amides is 5. The summed E-state index contributed by atoms with van der Waals surface area (Å²) in [4.78, 5) is 91.1. The third-order valence-electron chi connectivity index (χ3n) is 8.81. The van der Waals surface area contributed by atoms with Gasteiger partial charge in [-0.25, -0.2) is 14.0 Å². The van der Waals surface area contributed by atoms with Crippen LogP contribution < -0.4 is 38.9 Å². The number of halogens is 7. The van der Waals surface area contributed by atoms with Gasteiger partial charge in [-0.15, -0.1) is 0 Å². The van der Waals surface area contributed by atoms with Crippen molar-refractivity contribution in [2.45, 2.75) is 74.7 Å². The summed E-state index contributed by atoms with van der Waals surface area (Å²) in [6.07, 6.45) is -9.08. The molecule has 1 fully saturated rings. The quantitative estimate of drug-likeness (QED) is 0.0366. The number of primary amides is 1. The molecule has 0 saturated carbocycles. The normalized spacial score (nSPS) is 16.0. The fraction of sp³-hybridized carbons (Fsp3) is 0.405. The van der Waals surface area contributed by atoms with Crippen LogP contribution in [0.25, 0.3) is 10.9 Å². The van der Waals surface area contributed by atoms with E-state index in [0.717, 1.165) is 21.4 Å². The number of aromatic nitrogens is 1. The summed E-state index contributed by atoms with van der Waals surface area (Å²) in [6.45, 7) is -0.557. The van der Waals surface area contributed by atoms with Crippen LogP contribution >= 0.6 is 0 Å². The monoisotopic (exact) mass is 922 g/mol. The highest BCUT2D eigenvalue weighted by Crippen LogP contribution is 2.22. The van der Waals surface area contributed by atoms with Gasteiger partial charge in [0.1, 0.15) is 23.9 Å². The Balaban J connectivity index is 0.000000866. The van der Waals surface area contributed by atoms with Crippen LogP contribution in [0.2, 0.25) is 0 Å². The first-order valence-corrected chi connectivity index (χ1v) is 18.6. The van der Waals surface area contributed by atoms with Crippen LogP contribution in [0, 0.1) is 5.82 Å². The number of aliphatic hydroxyl groups is 1. The zero-order valence-electron chi connectivity index (χ0n) is 33.3. The van der Waals surface area contributed by atoms with Crippen molar-refractivity contribution in [2.24, 2.45) is 27.9 Å². The topological polar surface area (TPSA) is 352 Å². The van der Waals surface area contributed by atoms with E-state index < -0.39 is 96.5 Å². The number of carbonyl (C=O) groups excluding carboxylic acids is 5. The largest absolute Gasteiger partial charge is 0.490 e. The first kappa shape index (κ1) is 53.1. The summed E-state index contributed by atoms with van der Waals surface area (Å²) < 4.78 is 76.8. The Hall–Kier alpha value is -7.03. The molecule has 2 heterocycles. The van der Waals surface area contributed by atoms with Crippen LogP contribution in [0.1, 0.15) is 30.4 Å². The Morgan fingerprint density at radius 3 is 1.98 bits per heavy atom. The molecule has 1 saturated heterocycles. The number of guanidine groups is 1. The number of carboxylic acids is 2. The summed E-state index contributed by atoms with van der Waals surface area (Å²) >= 11 is 0. The molecule has 352 valence electrons. The number of aliphatic carboxylic acids is 2. The Morgan fingerprint density at radius 1 is 0.859 bits per heavy atom. The predicted octanol–water partition coefficient (Wildman–Crippen LogP) is -0.727. The molecule has 0 radical (unpaired) electrons. The van der Waals surface area contributed by atoms with Crippen molar-refractivity contribution in [3.05, 3.63) is 71.7 Å². The zero-order valence-corrected chi connectivity index (χ0v) is 33.3. The van der Waals surface area contributed by atoms with E-state index in [2.05, 4.69) is 25.9 Å². The number of likely N-dealkylation sites (tertiary alicyclic amines) is 1. The lowest BCUT2D eigenvalue weighted by Crippen LogP contribution is -2.56. The van der Waals surface area contributed by atoms with E-state index in [1.165, 1.54) is 24.3 Å². The van der Waals surface area contributed by atoms with E-state index in [9.17, 15) is 59.8 Å². The molecule has 0 bridgehead atoms. The summed E-state index contributed by atoms with van der Waals surface area (Å²) in [7, 11) is 0. The highest BCUT2D eigenvalue weighted by molar-refractivity contribution is 5.95. The molecule has 2 aromatic carbocycles. The molecule has 0 spiro atoms. The molecule has 3 aromatic rings. The second kappa shape index (κ2) is 24.0. The van der Waals surface area contributed by atoms with Gasteiger partial charge in [-0.2, -0.15) is 26.3 Å². The number of H-pyrrole nitrogens is 1. The van der Waals surface area contributed by atoms with Gasteiger partial charge in [0, 0.05) is 43.0 Å². The van der Waals surface area contributed by atoms with Crippen LogP contribution in [-0.4, -0.2) is 135 Å². The SMILES string of the molecule is NC(=O)C(Cc1c[nH]c2ccccc12)NC(=O)CNC(=O)C(CCCN=C(N)N)NC(=O)C1CC(O)CN1C(=O)C(N)Cc1ccc(F)cc1.O=C(O)C(F)(F)F.O=C(O)C(F)(F)F. The van der Waals surface area contributed by atoms with Crippen molar-refractivity contribution >= 4 is 58.3 Å². The van der Waals surface area contributed by atoms with Gasteiger partial charge >= 0.3 is 24.3 Å². The number of para-hydroxylation sites is 1. The fourth-order valence-corrected chi connectivity index (χ4v) is 5.80. The molecule has 1 aliphatic rings. The number of hydrogen-bond acceptors (Lipinski definition) is 10. The van der Waals surface area contributed by atoms with E-state index in [0.29, 0.717) is 5.56 Å². The summed E-state index contributed by atoms with van der Waals surface area (Å²) in [5.41, 5.74) is 24.7. The molecular formula is C37H45F7N10O10. The third-order valence-corrected chi connectivity index (χ3v) is 8.81. The summed E-state index contributed by atoms with van der Waals surface area (Å²) in [5, 5.41) is 33.1. The number of carbonyl (C=O) groups is 7. The van der Waals surface area contributed by atoms with Gasteiger partial charge in [0.2, 0.25) is 29.5 Å². The number of benzene rings is 2. The van der Waals surface area contributed by atoms with E-state index in [-0.39, 0.29) is 51.2 Å². The predicted molar refractivity (Wildman–Crippen MR) is 210 cm³/mol. The maximum Gasteiger partial charge on any atom is 0.490 e. The summed E-state index contributed by atoms with van der Waals surface area (Å²) in [5.74, 6) is -9.63. The van der Waals surface area contributed by atoms with Gasteiger partial charge in [-0.1, -0.05) is 30.3 Å². The lowest BCUT2D eigenvalue weighted by Gasteiger charge is -2.28. The van der Waals surface area contributed by atoms with Crippen LogP contribution in [-0.2, 0) is 46.4 Å². The Bertz CT molecular complexity index is 2110. The number of alkyl halides is 6.